The van der Waals surface area contributed by atoms with Crippen LogP contribution in [0.2, 0.25) is 0 Å². The van der Waals surface area contributed by atoms with Gasteiger partial charge in [-0.25, -0.2) is 0 Å². The number of aromatic nitrogens is 1. The van der Waals surface area contributed by atoms with Crippen LogP contribution in [0.25, 0.3) is 10.4 Å². The van der Waals surface area contributed by atoms with Crippen LogP contribution in [0, 0.1) is 0 Å². The molecule has 0 atom stereocenters. The maximum atomic E-state index is 10.8. The van der Waals surface area contributed by atoms with Gasteiger partial charge in [-0.1, -0.05) is 6.07 Å². The summed E-state index contributed by atoms with van der Waals surface area (Å²) in [6, 6.07) is 4.80. The van der Waals surface area contributed by atoms with Gasteiger partial charge < -0.3 is 0 Å². The lowest BCUT2D eigenvalue weighted by molar-refractivity contribution is 0.0995. The summed E-state index contributed by atoms with van der Waals surface area (Å²) in [5.74, 6) is -0.659. The Morgan fingerprint density at radius 2 is 2.45 bits per heavy atom. The predicted molar refractivity (Wildman–Crippen MR) is 37.7 cm³/mol. The van der Waals surface area contributed by atoms with Crippen LogP contribution in [0.5, 0.6) is 0 Å². The highest BCUT2D eigenvalue weighted by atomic mass is 16.1. The Balaban J connectivity index is 2.94. The van der Waals surface area contributed by atoms with Crippen molar-refractivity contribution >= 4 is 5.91 Å². The van der Waals surface area contributed by atoms with Gasteiger partial charge in [0, 0.05) is 11.1 Å². The Hall–Kier alpha value is -1.87. The number of carbonyl (C=O) groups excluding carboxylic acids is 1. The fraction of sp³-hybridized carbons (Fsp3) is 0. The van der Waals surface area contributed by atoms with E-state index in [9.17, 15) is 4.79 Å². The molecule has 0 aromatic carbocycles. The third-order valence-corrected chi connectivity index (χ3v) is 1.02. The molecule has 5 heteroatoms. The predicted octanol–water partition coefficient (Wildman–Crippen LogP) is 1.53. The molecule has 0 saturated carbocycles. The van der Waals surface area contributed by atoms with E-state index in [0.29, 0.717) is 0 Å². The van der Waals surface area contributed by atoms with Crippen LogP contribution < -0.4 is 0 Å². The second-order valence-corrected chi connectivity index (χ2v) is 1.71. The van der Waals surface area contributed by atoms with Gasteiger partial charge in [-0.2, -0.15) is 0 Å². The largest absolute Gasteiger partial charge is 0.285 e. The highest BCUT2D eigenvalue weighted by Crippen LogP contribution is 1.95. The normalized spacial score (nSPS) is 8.36. The Morgan fingerprint density at radius 3 is 3.00 bits per heavy atom. The van der Waals surface area contributed by atoms with Crippen molar-refractivity contribution < 1.29 is 4.79 Å². The summed E-state index contributed by atoms with van der Waals surface area (Å²) >= 11 is 0. The molecule has 1 rings (SSSR count). The highest BCUT2D eigenvalue weighted by Gasteiger charge is 2.00. The van der Waals surface area contributed by atoms with Crippen molar-refractivity contribution in [2.24, 2.45) is 5.11 Å². The van der Waals surface area contributed by atoms with Crippen molar-refractivity contribution in [3.05, 3.63) is 40.5 Å². The second kappa shape index (κ2) is 3.34. The van der Waals surface area contributed by atoms with Gasteiger partial charge in [0.05, 0.1) is 0 Å². The molecule has 1 aromatic rings. The van der Waals surface area contributed by atoms with E-state index in [2.05, 4.69) is 15.0 Å². The maximum Gasteiger partial charge on any atom is 0.267 e. The van der Waals surface area contributed by atoms with Crippen LogP contribution in [0.15, 0.2) is 29.5 Å². The average Bonchev–Trinajstić information content (AvgIpc) is 2.07. The Kier molecular flexibility index (Phi) is 2.20. The monoisotopic (exact) mass is 148 g/mol. The molecule has 5 nitrogen and oxygen atoms in total. The van der Waals surface area contributed by atoms with Crippen molar-refractivity contribution in [1.82, 2.24) is 4.98 Å². The van der Waals surface area contributed by atoms with Gasteiger partial charge in [-0.3, -0.25) is 9.78 Å². The number of rotatable bonds is 1. The Morgan fingerprint density at radius 1 is 1.64 bits per heavy atom. The fourth-order valence-corrected chi connectivity index (χ4v) is 0.581. The molecule has 0 N–H and O–H groups in total. The minimum absolute atomic E-state index is 0.158. The quantitative estimate of drug-likeness (QED) is 0.344. The Bertz CT molecular complexity index is 302. The zero-order chi connectivity index (χ0) is 8.10. The average molecular weight is 148 g/mol. The number of nitrogens with zero attached hydrogens (tertiary/aromatic N) is 4. The molecule has 0 fully saturated rings. The van der Waals surface area contributed by atoms with Crippen LogP contribution in [0.4, 0.5) is 0 Å². The molecule has 54 valence electrons. The van der Waals surface area contributed by atoms with E-state index in [4.69, 9.17) is 5.53 Å². The van der Waals surface area contributed by atoms with Gasteiger partial charge >= 0.3 is 0 Å². The number of azide groups is 1. The molecule has 0 aliphatic rings. The number of pyridine rings is 1. The molecule has 1 aromatic heterocycles. The summed E-state index contributed by atoms with van der Waals surface area (Å²) in [7, 11) is 0. The van der Waals surface area contributed by atoms with Crippen molar-refractivity contribution in [2.75, 3.05) is 0 Å². The van der Waals surface area contributed by atoms with Crippen LogP contribution in [0.3, 0.4) is 0 Å². The molecule has 0 aliphatic heterocycles. The van der Waals surface area contributed by atoms with E-state index in [1.54, 1.807) is 12.1 Å². The van der Waals surface area contributed by atoms with E-state index in [1.807, 2.05) is 0 Å². The maximum absolute atomic E-state index is 10.8. The van der Waals surface area contributed by atoms with E-state index < -0.39 is 5.91 Å². The lowest BCUT2D eigenvalue weighted by atomic mass is 10.3. The van der Waals surface area contributed by atoms with Gasteiger partial charge in [0.2, 0.25) is 0 Å². The first-order chi connectivity index (χ1) is 5.34. The number of hydrogen-bond donors (Lipinski definition) is 0. The number of amides is 1. The van der Waals surface area contributed by atoms with Crippen molar-refractivity contribution in [1.29, 1.82) is 0 Å². The molecule has 0 spiro atoms. The number of hydrogen-bond acceptors (Lipinski definition) is 2. The molecular weight excluding hydrogens is 144 g/mol. The molecular formula is C6H4N4O. The van der Waals surface area contributed by atoms with Crippen molar-refractivity contribution in [3.63, 3.8) is 0 Å². The zero-order valence-electron chi connectivity index (χ0n) is 5.51. The van der Waals surface area contributed by atoms with Crippen molar-refractivity contribution in [3.8, 4) is 0 Å². The smallest absolute Gasteiger partial charge is 0.267 e. The minimum atomic E-state index is -0.659. The summed E-state index contributed by atoms with van der Waals surface area (Å²) in [5, 5.41) is 2.87. The summed E-state index contributed by atoms with van der Waals surface area (Å²) in [5.41, 5.74) is 8.07. The summed E-state index contributed by atoms with van der Waals surface area (Å²) < 4.78 is 0. The van der Waals surface area contributed by atoms with Crippen LogP contribution in [0.1, 0.15) is 10.5 Å². The molecule has 11 heavy (non-hydrogen) atoms. The second-order valence-electron chi connectivity index (χ2n) is 1.71. The zero-order valence-corrected chi connectivity index (χ0v) is 5.51. The van der Waals surface area contributed by atoms with Crippen LogP contribution in [-0.2, 0) is 0 Å². The van der Waals surface area contributed by atoms with Crippen molar-refractivity contribution in [2.45, 2.75) is 0 Å². The topological polar surface area (TPSA) is 78.7 Å². The minimum Gasteiger partial charge on any atom is -0.285 e. The van der Waals surface area contributed by atoms with Gasteiger partial charge in [0.1, 0.15) is 5.69 Å². The third kappa shape index (κ3) is 1.77. The summed E-state index contributed by atoms with van der Waals surface area (Å²) in [6.07, 6.45) is 1.46. The van der Waals surface area contributed by atoms with Gasteiger partial charge in [0.25, 0.3) is 5.91 Å². The summed E-state index contributed by atoms with van der Waals surface area (Å²) in [6.45, 7) is 0. The molecule has 1 amide bonds. The fourth-order valence-electron chi connectivity index (χ4n) is 0.581. The molecule has 1 heterocycles. The standard InChI is InChI=1S/C6H4N4O/c7-10-9-6(11)5-3-1-2-4-8-5/h1-4H. The first-order valence-electron chi connectivity index (χ1n) is 2.85. The number of carbonyl (C=O) groups is 1. The van der Waals surface area contributed by atoms with Gasteiger partial charge in [-0.05, 0) is 22.8 Å². The molecule has 0 unspecified atom stereocenters. The summed E-state index contributed by atoms with van der Waals surface area (Å²) in [4.78, 5) is 16.8. The first-order valence-corrected chi connectivity index (χ1v) is 2.85. The lowest BCUT2D eigenvalue weighted by Crippen LogP contribution is -1.95. The van der Waals surface area contributed by atoms with Crippen LogP contribution in [-0.4, -0.2) is 10.9 Å². The first kappa shape index (κ1) is 7.24. The SMILES string of the molecule is [N-]=[N+]=NC(=O)c1ccccn1. The highest BCUT2D eigenvalue weighted by molar-refractivity contribution is 5.92. The van der Waals surface area contributed by atoms with Gasteiger partial charge in [0.15, 0.2) is 0 Å². The molecule has 0 bridgehead atoms. The van der Waals surface area contributed by atoms with E-state index in [0.717, 1.165) is 0 Å². The van der Waals surface area contributed by atoms with E-state index in [1.165, 1.54) is 12.3 Å². The lowest BCUT2D eigenvalue weighted by Gasteiger charge is -1.88. The molecule has 0 aliphatic carbocycles. The molecule has 0 radical (unpaired) electrons. The third-order valence-electron chi connectivity index (χ3n) is 1.02. The van der Waals surface area contributed by atoms with E-state index in [-0.39, 0.29) is 5.69 Å². The van der Waals surface area contributed by atoms with Gasteiger partial charge in [-0.15, -0.1) is 0 Å². The van der Waals surface area contributed by atoms with E-state index >= 15 is 0 Å². The Labute approximate surface area is 62.3 Å². The van der Waals surface area contributed by atoms with Crippen LogP contribution >= 0.6 is 0 Å². The molecule has 0 saturated heterocycles.